The summed E-state index contributed by atoms with van der Waals surface area (Å²) in [4.78, 5) is 27.3. The van der Waals surface area contributed by atoms with E-state index in [2.05, 4.69) is 27.7 Å². The number of carbonyl (C=O) groups is 2. The van der Waals surface area contributed by atoms with Gasteiger partial charge in [0.2, 0.25) is 0 Å². The second-order valence-corrected chi connectivity index (χ2v) is 7.42. The van der Waals surface area contributed by atoms with Crippen molar-refractivity contribution in [1.29, 1.82) is 0 Å². The average Bonchev–Trinajstić information content (AvgIpc) is 2.45. The first-order valence-corrected chi connectivity index (χ1v) is 8.75. The zero-order valence-electron chi connectivity index (χ0n) is 14.3. The monoisotopic (exact) mass is 321 g/mol. The van der Waals surface area contributed by atoms with Crippen molar-refractivity contribution in [2.24, 2.45) is 11.8 Å². The number of thioether (sulfide) groups is 1. The highest BCUT2D eigenvalue weighted by Crippen LogP contribution is 2.26. The number of amides is 1. The summed E-state index contributed by atoms with van der Waals surface area (Å²) < 4.78 is 0. The fourth-order valence-electron chi connectivity index (χ4n) is 2.22. The van der Waals surface area contributed by atoms with Crippen LogP contribution < -0.4 is 0 Å². The van der Waals surface area contributed by atoms with Gasteiger partial charge in [-0.25, -0.2) is 0 Å². The molecule has 0 saturated carbocycles. The van der Waals surface area contributed by atoms with Gasteiger partial charge >= 0.3 is 0 Å². The molecule has 1 amide bonds. The van der Waals surface area contributed by atoms with Crippen LogP contribution in [0.5, 0.6) is 0 Å². The molecule has 0 aliphatic heterocycles. The molecule has 0 heterocycles. The quantitative estimate of drug-likeness (QED) is 0.695. The molecule has 1 aromatic rings. The van der Waals surface area contributed by atoms with Crippen LogP contribution in [0.1, 0.15) is 51.4 Å². The fraction of sp³-hybridized carbons (Fsp3) is 0.556. The molecule has 22 heavy (non-hydrogen) atoms. The first-order valence-electron chi connectivity index (χ1n) is 7.94. The van der Waals surface area contributed by atoms with Crippen LogP contribution in [0.3, 0.4) is 0 Å². The number of nitrogens with zero attached hydrogens (tertiary/aromatic N) is 1. The van der Waals surface area contributed by atoms with Crippen molar-refractivity contribution in [3.63, 3.8) is 0 Å². The van der Waals surface area contributed by atoms with Gasteiger partial charge in [0.05, 0.1) is 5.56 Å². The van der Waals surface area contributed by atoms with E-state index in [0.29, 0.717) is 23.8 Å². The first-order chi connectivity index (χ1) is 10.3. The highest BCUT2D eigenvalue weighted by atomic mass is 32.2. The van der Waals surface area contributed by atoms with Crippen LogP contribution in [0.15, 0.2) is 29.2 Å². The molecular weight excluding hydrogens is 294 g/mol. The molecule has 0 atom stereocenters. The van der Waals surface area contributed by atoms with E-state index in [1.807, 2.05) is 36.1 Å². The molecule has 4 heteroatoms. The molecular formula is C18H27NO2S. The molecule has 0 unspecified atom stereocenters. The third-order valence-corrected chi connectivity index (χ3v) is 4.18. The molecule has 0 aromatic heterocycles. The lowest BCUT2D eigenvalue weighted by atomic mass is 10.1. The summed E-state index contributed by atoms with van der Waals surface area (Å²) >= 11 is 1.17. The van der Waals surface area contributed by atoms with Gasteiger partial charge < -0.3 is 4.90 Å². The number of hydrogen-bond donors (Lipinski definition) is 0. The molecule has 0 aliphatic rings. The molecule has 3 nitrogen and oxygen atoms in total. The van der Waals surface area contributed by atoms with Crippen molar-refractivity contribution in [3.05, 3.63) is 29.8 Å². The molecule has 122 valence electrons. The normalized spacial score (nSPS) is 11.0. The van der Waals surface area contributed by atoms with Gasteiger partial charge in [0, 0.05) is 24.4 Å². The Kier molecular flexibility index (Phi) is 7.66. The van der Waals surface area contributed by atoms with Gasteiger partial charge in [-0.1, -0.05) is 58.5 Å². The van der Waals surface area contributed by atoms with Gasteiger partial charge in [-0.3, -0.25) is 9.59 Å². The predicted octanol–water partition coefficient (Wildman–Crippen LogP) is 4.47. The summed E-state index contributed by atoms with van der Waals surface area (Å²) in [6.45, 7) is 11.8. The number of benzene rings is 1. The Morgan fingerprint density at radius 1 is 1.05 bits per heavy atom. The van der Waals surface area contributed by atoms with Crippen LogP contribution >= 0.6 is 11.8 Å². The highest BCUT2D eigenvalue weighted by Gasteiger charge is 2.21. The van der Waals surface area contributed by atoms with E-state index < -0.39 is 0 Å². The lowest BCUT2D eigenvalue weighted by Gasteiger charge is -2.27. The second-order valence-electron chi connectivity index (χ2n) is 6.32. The smallest absolute Gasteiger partial charge is 0.255 e. The Hall–Kier alpha value is -1.29. The van der Waals surface area contributed by atoms with Crippen LogP contribution in [0.25, 0.3) is 0 Å². The molecule has 0 aliphatic carbocycles. The Labute approximate surface area is 138 Å². The lowest BCUT2D eigenvalue weighted by molar-refractivity contribution is -0.110. The van der Waals surface area contributed by atoms with E-state index in [1.54, 1.807) is 0 Å². The number of rotatable bonds is 7. The van der Waals surface area contributed by atoms with E-state index in [-0.39, 0.29) is 11.0 Å². The van der Waals surface area contributed by atoms with Gasteiger partial charge in [0.1, 0.15) is 0 Å². The maximum absolute atomic E-state index is 12.9. The van der Waals surface area contributed by atoms with Crippen molar-refractivity contribution < 1.29 is 9.59 Å². The zero-order valence-corrected chi connectivity index (χ0v) is 15.1. The van der Waals surface area contributed by atoms with Gasteiger partial charge in [-0.15, -0.1) is 0 Å². The molecule has 1 rings (SSSR count). The maximum Gasteiger partial charge on any atom is 0.255 e. The second kappa shape index (κ2) is 8.99. The van der Waals surface area contributed by atoms with Crippen LogP contribution in [0.4, 0.5) is 0 Å². The van der Waals surface area contributed by atoms with Crippen molar-refractivity contribution in [1.82, 2.24) is 4.90 Å². The third kappa shape index (κ3) is 5.84. The van der Waals surface area contributed by atoms with Gasteiger partial charge in [0.15, 0.2) is 5.12 Å². The summed E-state index contributed by atoms with van der Waals surface area (Å²) in [7, 11) is 0. The minimum absolute atomic E-state index is 0.0226. The van der Waals surface area contributed by atoms with Crippen LogP contribution in [0.2, 0.25) is 0 Å². The van der Waals surface area contributed by atoms with Crippen molar-refractivity contribution in [3.8, 4) is 0 Å². The summed E-state index contributed by atoms with van der Waals surface area (Å²) in [6, 6.07) is 7.41. The van der Waals surface area contributed by atoms with Crippen molar-refractivity contribution in [2.75, 3.05) is 13.1 Å². The summed E-state index contributed by atoms with van der Waals surface area (Å²) in [6.07, 6.45) is 0.467. The first kappa shape index (κ1) is 18.8. The number of hydrogen-bond acceptors (Lipinski definition) is 3. The van der Waals surface area contributed by atoms with Crippen LogP contribution in [0, 0.1) is 11.8 Å². The Balaban J connectivity index is 3.04. The average molecular weight is 321 g/mol. The van der Waals surface area contributed by atoms with E-state index in [1.165, 1.54) is 11.8 Å². The Morgan fingerprint density at radius 2 is 1.59 bits per heavy atom. The van der Waals surface area contributed by atoms with Crippen molar-refractivity contribution >= 4 is 22.8 Å². The summed E-state index contributed by atoms with van der Waals surface area (Å²) in [5, 5.41) is 0.0829. The molecule has 0 radical (unpaired) electrons. The van der Waals surface area contributed by atoms with E-state index >= 15 is 0 Å². The third-order valence-electron chi connectivity index (χ3n) is 3.09. The van der Waals surface area contributed by atoms with Gasteiger partial charge in [-0.2, -0.15) is 0 Å². The SMILES string of the molecule is CCC(=O)Sc1ccccc1C(=O)N(CC(C)C)CC(C)C. The van der Waals surface area contributed by atoms with E-state index in [0.717, 1.165) is 18.0 Å². The maximum atomic E-state index is 12.9. The van der Waals surface area contributed by atoms with Gasteiger partial charge in [-0.05, 0) is 24.0 Å². The minimum Gasteiger partial charge on any atom is -0.338 e. The lowest BCUT2D eigenvalue weighted by Crippen LogP contribution is -2.37. The highest BCUT2D eigenvalue weighted by molar-refractivity contribution is 8.13. The standard InChI is InChI=1S/C18H27NO2S/c1-6-17(20)22-16-10-8-7-9-15(16)18(21)19(11-13(2)3)12-14(4)5/h7-10,13-14H,6,11-12H2,1-5H3. The number of carbonyl (C=O) groups excluding carboxylic acids is 2. The predicted molar refractivity (Wildman–Crippen MR) is 93.2 cm³/mol. The molecule has 0 N–H and O–H groups in total. The largest absolute Gasteiger partial charge is 0.338 e. The van der Waals surface area contributed by atoms with Crippen molar-refractivity contribution in [2.45, 2.75) is 45.9 Å². The zero-order chi connectivity index (χ0) is 16.7. The molecule has 1 aromatic carbocycles. The summed E-state index contributed by atoms with van der Waals surface area (Å²) in [5.41, 5.74) is 0.635. The molecule has 0 fully saturated rings. The van der Waals surface area contributed by atoms with Crippen LogP contribution in [-0.2, 0) is 4.79 Å². The Bertz CT molecular complexity index is 502. The van der Waals surface area contributed by atoms with E-state index in [9.17, 15) is 9.59 Å². The molecule has 0 spiro atoms. The van der Waals surface area contributed by atoms with Gasteiger partial charge in [0.25, 0.3) is 5.91 Å². The van der Waals surface area contributed by atoms with E-state index in [4.69, 9.17) is 0 Å². The topological polar surface area (TPSA) is 37.4 Å². The minimum atomic E-state index is 0.0226. The molecule has 0 saturated heterocycles. The fourth-order valence-corrected chi connectivity index (χ4v) is 3.02. The summed E-state index contributed by atoms with van der Waals surface area (Å²) in [5.74, 6) is 0.856. The molecule has 0 bridgehead atoms. The van der Waals surface area contributed by atoms with Crippen LogP contribution in [-0.4, -0.2) is 29.0 Å². The Morgan fingerprint density at radius 3 is 2.09 bits per heavy atom.